The number of nitrogens with zero attached hydrogens (tertiary/aromatic N) is 2. The lowest BCUT2D eigenvalue weighted by molar-refractivity contribution is -0.141. The highest BCUT2D eigenvalue weighted by molar-refractivity contribution is 5.98. The van der Waals surface area contributed by atoms with E-state index in [4.69, 9.17) is 5.11 Å². The summed E-state index contributed by atoms with van der Waals surface area (Å²) in [6.07, 6.45) is -3.08. The molecule has 0 saturated carbocycles. The van der Waals surface area contributed by atoms with Gasteiger partial charge in [0.25, 0.3) is 5.91 Å². The zero-order chi connectivity index (χ0) is 15.2. The molecular formula is C12H16F3N3O2. The summed E-state index contributed by atoms with van der Waals surface area (Å²) in [6, 6.07) is 2.87. The molecule has 0 aliphatic heterocycles. The van der Waals surface area contributed by atoms with Crippen molar-refractivity contribution in [3.8, 4) is 0 Å². The van der Waals surface area contributed by atoms with Crippen LogP contribution in [0, 0.1) is 0 Å². The van der Waals surface area contributed by atoms with Crippen molar-refractivity contribution in [2.24, 2.45) is 0 Å². The Morgan fingerprint density at radius 3 is 2.75 bits per heavy atom. The molecule has 8 heteroatoms. The van der Waals surface area contributed by atoms with Crippen molar-refractivity contribution in [1.29, 1.82) is 0 Å². The number of pyridine rings is 1. The maximum atomic E-state index is 12.4. The molecule has 0 bridgehead atoms. The lowest BCUT2D eigenvalue weighted by Gasteiger charge is -2.24. The third-order valence-electron chi connectivity index (χ3n) is 2.41. The molecule has 20 heavy (non-hydrogen) atoms. The highest BCUT2D eigenvalue weighted by Gasteiger charge is 2.33. The van der Waals surface area contributed by atoms with Crippen LogP contribution in [-0.2, 0) is 0 Å². The highest BCUT2D eigenvalue weighted by Crippen LogP contribution is 2.20. The number of hydrogen-bond acceptors (Lipinski definition) is 4. The van der Waals surface area contributed by atoms with Crippen LogP contribution in [0.5, 0.6) is 0 Å². The Labute approximate surface area is 114 Å². The first kappa shape index (κ1) is 16.2. The van der Waals surface area contributed by atoms with E-state index in [1.165, 1.54) is 18.3 Å². The third-order valence-corrected chi connectivity index (χ3v) is 2.41. The molecule has 0 spiro atoms. The lowest BCUT2D eigenvalue weighted by atomic mass is 10.2. The van der Waals surface area contributed by atoms with Crippen molar-refractivity contribution in [2.45, 2.75) is 13.1 Å². The average molecular weight is 291 g/mol. The van der Waals surface area contributed by atoms with Crippen LogP contribution < -0.4 is 5.32 Å². The van der Waals surface area contributed by atoms with Crippen LogP contribution >= 0.6 is 0 Å². The minimum Gasteiger partial charge on any atom is -0.395 e. The summed E-state index contributed by atoms with van der Waals surface area (Å²) >= 11 is 0. The minimum absolute atomic E-state index is 0.0482. The van der Waals surface area contributed by atoms with Gasteiger partial charge >= 0.3 is 6.18 Å². The van der Waals surface area contributed by atoms with Gasteiger partial charge in [0.2, 0.25) is 0 Å². The zero-order valence-electron chi connectivity index (χ0n) is 10.9. The summed E-state index contributed by atoms with van der Waals surface area (Å²) in [6.45, 7) is -0.0784. The van der Waals surface area contributed by atoms with Gasteiger partial charge in [-0.3, -0.25) is 4.79 Å². The minimum atomic E-state index is -4.52. The monoisotopic (exact) mass is 291 g/mol. The molecule has 1 aromatic heterocycles. The maximum absolute atomic E-state index is 12.4. The zero-order valence-corrected chi connectivity index (χ0v) is 10.9. The predicted octanol–water partition coefficient (Wildman–Crippen LogP) is 1.51. The van der Waals surface area contributed by atoms with Gasteiger partial charge in [0.05, 0.1) is 12.2 Å². The van der Waals surface area contributed by atoms with Crippen LogP contribution in [0.4, 0.5) is 19.0 Å². The number of carbonyl (C=O) groups excluding carboxylic acids is 1. The van der Waals surface area contributed by atoms with E-state index in [2.05, 4.69) is 10.3 Å². The Morgan fingerprint density at radius 1 is 1.50 bits per heavy atom. The van der Waals surface area contributed by atoms with E-state index in [0.29, 0.717) is 11.4 Å². The molecule has 0 fully saturated rings. The van der Waals surface area contributed by atoms with E-state index in [-0.39, 0.29) is 11.4 Å². The van der Waals surface area contributed by atoms with Gasteiger partial charge in [-0.05, 0) is 19.1 Å². The van der Waals surface area contributed by atoms with E-state index in [0.717, 1.165) is 0 Å². The average Bonchev–Trinajstić information content (AvgIpc) is 2.37. The molecule has 1 aromatic rings. The maximum Gasteiger partial charge on any atom is 0.406 e. The number of rotatable bonds is 6. The Hall–Kier alpha value is -1.83. The van der Waals surface area contributed by atoms with Crippen molar-refractivity contribution in [2.75, 3.05) is 31.6 Å². The number of aliphatic hydroxyl groups is 1. The van der Waals surface area contributed by atoms with Gasteiger partial charge in [0.15, 0.2) is 0 Å². The predicted molar refractivity (Wildman–Crippen MR) is 67.4 cm³/mol. The van der Waals surface area contributed by atoms with Crippen LogP contribution in [0.1, 0.15) is 17.3 Å². The largest absolute Gasteiger partial charge is 0.406 e. The molecule has 0 aromatic carbocycles. The molecule has 1 amide bonds. The van der Waals surface area contributed by atoms with Crippen LogP contribution in [-0.4, -0.2) is 53.3 Å². The Bertz CT molecular complexity index is 452. The fraction of sp³-hybridized carbons (Fsp3) is 0.500. The molecule has 0 aliphatic rings. The van der Waals surface area contributed by atoms with Crippen LogP contribution in [0.15, 0.2) is 18.3 Å². The number of alkyl halides is 3. The number of halogens is 3. The molecule has 1 rings (SSSR count). The van der Waals surface area contributed by atoms with Gasteiger partial charge in [-0.2, -0.15) is 13.2 Å². The molecule has 0 atom stereocenters. The number of nitrogens with one attached hydrogen (secondary N) is 1. The summed E-state index contributed by atoms with van der Waals surface area (Å²) in [5.74, 6) is -0.592. The number of hydrogen-bond donors (Lipinski definition) is 2. The van der Waals surface area contributed by atoms with Gasteiger partial charge in [-0.1, -0.05) is 0 Å². The summed E-state index contributed by atoms with van der Waals surface area (Å²) in [5.41, 5.74) is 0.0482. The fourth-order valence-electron chi connectivity index (χ4n) is 1.65. The topological polar surface area (TPSA) is 65.5 Å². The van der Waals surface area contributed by atoms with Gasteiger partial charge in [0, 0.05) is 19.3 Å². The molecule has 5 nitrogen and oxygen atoms in total. The van der Waals surface area contributed by atoms with Gasteiger partial charge in [-0.25, -0.2) is 4.98 Å². The smallest absolute Gasteiger partial charge is 0.395 e. The van der Waals surface area contributed by atoms with Gasteiger partial charge in [0.1, 0.15) is 12.4 Å². The third kappa shape index (κ3) is 4.69. The van der Waals surface area contributed by atoms with E-state index in [9.17, 15) is 18.0 Å². The molecular weight excluding hydrogens is 275 g/mol. The normalized spacial score (nSPS) is 11.2. The summed E-state index contributed by atoms with van der Waals surface area (Å²) in [4.78, 5) is 16.6. The number of anilines is 1. The van der Waals surface area contributed by atoms with Crippen molar-refractivity contribution in [3.05, 3.63) is 23.9 Å². The van der Waals surface area contributed by atoms with E-state index in [1.807, 2.05) is 0 Å². The van der Waals surface area contributed by atoms with Crippen molar-refractivity contribution in [3.63, 3.8) is 0 Å². The second-order valence-corrected chi connectivity index (χ2v) is 4.00. The van der Waals surface area contributed by atoms with Crippen LogP contribution in [0.3, 0.4) is 0 Å². The lowest BCUT2D eigenvalue weighted by Crippen LogP contribution is -2.41. The summed E-state index contributed by atoms with van der Waals surface area (Å²) in [7, 11) is 0. The first-order valence-electron chi connectivity index (χ1n) is 6.04. The Morgan fingerprint density at radius 2 is 2.20 bits per heavy atom. The van der Waals surface area contributed by atoms with Crippen molar-refractivity contribution < 1.29 is 23.1 Å². The van der Waals surface area contributed by atoms with Crippen LogP contribution in [0.2, 0.25) is 0 Å². The quantitative estimate of drug-likeness (QED) is 0.834. The first-order valence-corrected chi connectivity index (χ1v) is 6.04. The second kappa shape index (κ2) is 7.09. The summed E-state index contributed by atoms with van der Waals surface area (Å²) in [5, 5.41) is 11.6. The molecule has 0 aliphatic carbocycles. The second-order valence-electron chi connectivity index (χ2n) is 4.00. The SMILES string of the molecule is CCNc1ncccc1C(=O)N(CCO)CC(F)(F)F. The van der Waals surface area contributed by atoms with Crippen LogP contribution in [0.25, 0.3) is 0 Å². The molecule has 0 radical (unpaired) electrons. The van der Waals surface area contributed by atoms with Gasteiger partial charge < -0.3 is 15.3 Å². The molecule has 0 unspecified atom stereocenters. The van der Waals surface area contributed by atoms with E-state index < -0.39 is 31.8 Å². The number of carbonyl (C=O) groups is 1. The van der Waals surface area contributed by atoms with Crippen molar-refractivity contribution in [1.82, 2.24) is 9.88 Å². The number of amides is 1. The van der Waals surface area contributed by atoms with Gasteiger partial charge in [-0.15, -0.1) is 0 Å². The number of aliphatic hydroxyl groups excluding tert-OH is 1. The van der Waals surface area contributed by atoms with Crippen molar-refractivity contribution >= 4 is 11.7 Å². The molecule has 0 saturated heterocycles. The highest BCUT2D eigenvalue weighted by atomic mass is 19.4. The van der Waals surface area contributed by atoms with E-state index >= 15 is 0 Å². The Kier molecular flexibility index (Phi) is 5.75. The number of aromatic nitrogens is 1. The molecule has 1 heterocycles. The molecule has 2 N–H and O–H groups in total. The molecule has 112 valence electrons. The van der Waals surface area contributed by atoms with E-state index in [1.54, 1.807) is 6.92 Å². The Balaban J connectivity index is 3.00. The first-order chi connectivity index (χ1) is 9.39. The standard InChI is InChI=1S/C12H16F3N3O2/c1-2-16-10-9(4-3-5-17-10)11(20)18(6-7-19)8-12(13,14)15/h3-5,19H,2,6-8H2,1H3,(H,16,17). The summed E-state index contributed by atoms with van der Waals surface area (Å²) < 4.78 is 37.3. The fourth-order valence-corrected chi connectivity index (χ4v) is 1.65.